The predicted octanol–water partition coefficient (Wildman–Crippen LogP) is 1.07. The van der Waals surface area contributed by atoms with E-state index in [0.717, 1.165) is 19.3 Å². The Labute approximate surface area is 190 Å². The van der Waals surface area contributed by atoms with Gasteiger partial charge in [0.05, 0.1) is 24.4 Å². The van der Waals surface area contributed by atoms with Gasteiger partial charge in [0.15, 0.2) is 5.56 Å². The molecule has 3 fully saturated rings. The summed E-state index contributed by atoms with van der Waals surface area (Å²) < 4.78 is 8.27. The highest BCUT2D eigenvalue weighted by molar-refractivity contribution is 5.97. The quantitative estimate of drug-likeness (QED) is 0.629. The third-order valence-corrected chi connectivity index (χ3v) is 6.48. The first kappa shape index (κ1) is 21.7. The van der Waals surface area contributed by atoms with Crippen LogP contribution in [0.25, 0.3) is 11.7 Å². The van der Waals surface area contributed by atoms with Crippen molar-refractivity contribution >= 4 is 23.5 Å². The smallest absolute Gasteiger partial charge is 0.270 e. The van der Waals surface area contributed by atoms with E-state index in [1.54, 1.807) is 13.0 Å². The number of aromatic nitrogens is 3. The number of aromatic hydroxyl groups is 1. The topological polar surface area (TPSA) is 118 Å². The van der Waals surface area contributed by atoms with Gasteiger partial charge in [-0.1, -0.05) is 13.8 Å². The van der Waals surface area contributed by atoms with Crippen LogP contribution in [0.1, 0.15) is 54.7 Å². The largest absolute Gasteiger partial charge is 0.492 e. The van der Waals surface area contributed by atoms with E-state index >= 15 is 0 Å². The molecule has 1 aliphatic carbocycles. The lowest BCUT2D eigenvalue weighted by molar-refractivity contribution is -0.130. The number of hydrogen-bond donors (Lipinski definition) is 2. The highest BCUT2D eigenvalue weighted by atomic mass is 16.5. The Morgan fingerprint density at radius 1 is 1.33 bits per heavy atom. The van der Waals surface area contributed by atoms with Crippen LogP contribution >= 0.6 is 0 Å². The number of carbonyl (C=O) groups is 2. The van der Waals surface area contributed by atoms with Gasteiger partial charge in [-0.25, -0.2) is 0 Å². The molecule has 2 aromatic heterocycles. The van der Waals surface area contributed by atoms with E-state index in [0.29, 0.717) is 36.6 Å². The molecule has 2 saturated heterocycles. The van der Waals surface area contributed by atoms with Crippen molar-refractivity contribution in [3.8, 4) is 5.88 Å². The molecule has 10 heteroatoms. The molecule has 0 spiro atoms. The number of fused-ring (bicyclic) bond motifs is 3. The van der Waals surface area contributed by atoms with E-state index in [1.807, 2.05) is 18.7 Å². The van der Waals surface area contributed by atoms with Crippen molar-refractivity contribution in [2.45, 2.75) is 64.8 Å². The van der Waals surface area contributed by atoms with Gasteiger partial charge in [-0.15, -0.1) is 0 Å². The van der Waals surface area contributed by atoms with E-state index in [4.69, 9.17) is 4.74 Å². The second-order valence-electron chi connectivity index (χ2n) is 9.66. The molecule has 2 bridgehead atoms. The lowest BCUT2D eigenvalue weighted by Crippen LogP contribution is -2.40. The first-order valence-corrected chi connectivity index (χ1v) is 11.5. The minimum Gasteiger partial charge on any atom is -0.492 e. The summed E-state index contributed by atoms with van der Waals surface area (Å²) >= 11 is 0. The van der Waals surface area contributed by atoms with Gasteiger partial charge in [0.2, 0.25) is 11.8 Å². The highest BCUT2D eigenvalue weighted by Gasteiger charge is 2.40. The van der Waals surface area contributed by atoms with Crippen LogP contribution < -0.4 is 10.9 Å². The fourth-order valence-electron chi connectivity index (χ4n) is 4.70. The molecule has 176 valence electrons. The second-order valence-corrected chi connectivity index (χ2v) is 9.66. The molecule has 2 aliphatic heterocycles. The maximum absolute atomic E-state index is 13.4. The number of rotatable bonds is 6. The zero-order valence-corrected chi connectivity index (χ0v) is 19.1. The van der Waals surface area contributed by atoms with Crippen LogP contribution in [-0.4, -0.2) is 67.3 Å². The van der Waals surface area contributed by atoms with Crippen molar-refractivity contribution in [3.05, 3.63) is 33.3 Å². The minimum absolute atomic E-state index is 0.0423. The monoisotopic (exact) mass is 455 g/mol. The number of carbonyl (C=O) groups excluding carboxylic acids is 2. The molecule has 33 heavy (non-hydrogen) atoms. The average Bonchev–Trinajstić information content (AvgIpc) is 3.17. The Bertz CT molecular complexity index is 1220. The van der Waals surface area contributed by atoms with Crippen LogP contribution in [0.4, 0.5) is 0 Å². The van der Waals surface area contributed by atoms with E-state index in [2.05, 4.69) is 10.4 Å². The third kappa shape index (κ3) is 3.82. The maximum Gasteiger partial charge on any atom is 0.270 e. The first-order valence-electron chi connectivity index (χ1n) is 11.5. The molecule has 3 aliphatic rings. The van der Waals surface area contributed by atoms with Crippen LogP contribution in [0.15, 0.2) is 10.9 Å². The summed E-state index contributed by atoms with van der Waals surface area (Å²) in [6.07, 6.45) is 5.83. The summed E-state index contributed by atoms with van der Waals surface area (Å²) in [4.78, 5) is 40.7. The summed E-state index contributed by atoms with van der Waals surface area (Å²) in [5.74, 6) is -1.10. The molecule has 1 saturated carbocycles. The Kier molecular flexibility index (Phi) is 5.27. The lowest BCUT2D eigenvalue weighted by atomic mass is 10.1. The number of morpholine rings is 1. The van der Waals surface area contributed by atoms with E-state index < -0.39 is 17.3 Å². The number of amides is 2. The van der Waals surface area contributed by atoms with Crippen LogP contribution in [0.3, 0.4) is 0 Å². The summed E-state index contributed by atoms with van der Waals surface area (Å²) in [6, 6.07) is 0.147. The van der Waals surface area contributed by atoms with Gasteiger partial charge in [-0.05, 0) is 38.2 Å². The Balaban J connectivity index is 1.58. The molecule has 0 aromatic carbocycles. The summed E-state index contributed by atoms with van der Waals surface area (Å²) in [6.45, 7) is 7.15. The summed E-state index contributed by atoms with van der Waals surface area (Å²) in [5.41, 5.74) is 0.587. The second kappa shape index (κ2) is 8.02. The maximum atomic E-state index is 13.4. The molecule has 2 amide bonds. The number of nitrogens with one attached hydrogen (secondary N) is 1. The molecular formula is C23H29N5O5. The van der Waals surface area contributed by atoms with Crippen molar-refractivity contribution in [3.63, 3.8) is 0 Å². The van der Waals surface area contributed by atoms with Gasteiger partial charge in [0.25, 0.3) is 11.5 Å². The Morgan fingerprint density at radius 3 is 2.70 bits per heavy atom. The van der Waals surface area contributed by atoms with Gasteiger partial charge in [0.1, 0.15) is 5.65 Å². The molecule has 4 heterocycles. The van der Waals surface area contributed by atoms with Crippen LogP contribution in [0.5, 0.6) is 5.88 Å². The average molecular weight is 456 g/mol. The van der Waals surface area contributed by atoms with Crippen molar-refractivity contribution in [1.29, 1.82) is 0 Å². The van der Waals surface area contributed by atoms with Crippen molar-refractivity contribution in [2.24, 2.45) is 5.92 Å². The third-order valence-electron chi connectivity index (χ3n) is 6.48. The minimum atomic E-state index is -0.592. The lowest BCUT2D eigenvalue weighted by Gasteiger charge is -2.25. The number of likely N-dealkylation sites (tertiary alicyclic amines) is 1. The van der Waals surface area contributed by atoms with Crippen molar-refractivity contribution < 1.29 is 19.4 Å². The molecule has 0 unspecified atom stereocenters. The molecule has 2 atom stereocenters. The molecular weight excluding hydrogens is 426 g/mol. The van der Waals surface area contributed by atoms with Gasteiger partial charge < -0.3 is 20.1 Å². The van der Waals surface area contributed by atoms with Gasteiger partial charge in [0, 0.05) is 30.8 Å². The zero-order chi connectivity index (χ0) is 23.4. The van der Waals surface area contributed by atoms with Crippen LogP contribution in [0.2, 0.25) is 0 Å². The Morgan fingerprint density at radius 2 is 2.09 bits per heavy atom. The zero-order valence-electron chi connectivity index (χ0n) is 19.1. The SMILES string of the molecule is Cc1nn2c(O)c(C(=O)NC3CC3)c(=O)n(CC(C)C)c2c1/C=C/C(=O)N1C[C@H]2C[C@@H]1CO2. The van der Waals surface area contributed by atoms with Crippen LogP contribution in [0, 0.1) is 12.8 Å². The van der Waals surface area contributed by atoms with Gasteiger partial charge >= 0.3 is 0 Å². The first-order chi connectivity index (χ1) is 15.7. The Hall–Kier alpha value is -3.14. The molecule has 2 aromatic rings. The van der Waals surface area contributed by atoms with Gasteiger partial charge in [-0.3, -0.25) is 19.0 Å². The fraction of sp³-hybridized carbons (Fsp3) is 0.565. The van der Waals surface area contributed by atoms with E-state index in [1.165, 1.54) is 15.2 Å². The van der Waals surface area contributed by atoms with Crippen molar-refractivity contribution in [2.75, 3.05) is 13.2 Å². The van der Waals surface area contributed by atoms with Gasteiger partial charge in [-0.2, -0.15) is 9.61 Å². The normalized spacial score (nSPS) is 22.2. The summed E-state index contributed by atoms with van der Waals surface area (Å²) in [7, 11) is 0. The fourth-order valence-corrected chi connectivity index (χ4v) is 4.70. The molecule has 0 radical (unpaired) electrons. The van der Waals surface area contributed by atoms with E-state index in [9.17, 15) is 19.5 Å². The number of aryl methyl sites for hydroxylation is 1. The van der Waals surface area contributed by atoms with E-state index in [-0.39, 0.29) is 35.6 Å². The predicted molar refractivity (Wildman–Crippen MR) is 120 cm³/mol. The summed E-state index contributed by atoms with van der Waals surface area (Å²) in [5, 5.41) is 18.0. The molecule has 10 nitrogen and oxygen atoms in total. The molecule has 5 rings (SSSR count). The molecule has 2 N–H and O–H groups in total. The number of nitrogens with zero attached hydrogens (tertiary/aromatic N) is 4. The number of ether oxygens (including phenoxy) is 1. The number of hydrogen-bond acceptors (Lipinski definition) is 6. The van der Waals surface area contributed by atoms with Crippen molar-refractivity contribution in [1.82, 2.24) is 24.4 Å². The highest BCUT2D eigenvalue weighted by Crippen LogP contribution is 2.29. The standard InChI is InChI=1S/C23H29N5O5/c1-12(2)9-27-21-17(6-7-18(29)26-10-16-8-15(26)11-33-16)13(3)25-28(21)23(32)19(22(27)31)20(30)24-14-4-5-14/h6-7,12,14-16,32H,4-5,8-11H2,1-3H3,(H,24,30)/b7-6+/t15-,16-/m1/s1. The van der Waals surface area contributed by atoms with Crippen LogP contribution in [-0.2, 0) is 16.1 Å².